The van der Waals surface area contributed by atoms with Gasteiger partial charge in [-0.15, -0.1) is 0 Å². The van der Waals surface area contributed by atoms with Gasteiger partial charge in [-0.1, -0.05) is 253 Å². The lowest BCUT2D eigenvalue weighted by atomic mass is 9.74. The molecular formula is C73H105N. The van der Waals surface area contributed by atoms with Crippen LogP contribution in [0.2, 0.25) is 0 Å². The third kappa shape index (κ3) is 16.5. The predicted molar refractivity (Wildman–Crippen MR) is 339 cm³/mol. The summed E-state index contributed by atoms with van der Waals surface area (Å²) in [6.07, 6.45) is 18.6. The fraction of sp³-hybridized carbons (Fsp3) is 0.452. The standard InChI is InChI=1S/C24H34.C23H27N.C19H30.C7H14/c1-11-17(22(3,4)5)14-20-16(2)19-13-12-18(23(6,7)8)15-21(19)24(20,9)10;1-8-16(2)13-18(4)22-14-21(24(6)7)15-23(19(22)5)20-11-9-17(3)10-12-20;1-10-15(18(5,6)7)12-17-14(4)13(3)16(11-2)19(17,8)9;1-5-6-7(2,3)4/h11-15H,2H2,1,3-10H3;8-15H,1,4H2,2-3,5-7H3;11-12,15H,3-4,10H2,1-2,5-9H3;5-6H,1-4H3/b17-11+,20-14+;16-13-;16-11+,17-12+;6-5+. The molecule has 74 heavy (non-hydrogen) atoms. The Balaban J connectivity index is 0.000000359. The number of hydrogen-bond acceptors (Lipinski definition) is 1. The van der Waals surface area contributed by atoms with Gasteiger partial charge in [0.05, 0.1) is 0 Å². The molecule has 1 unspecified atom stereocenters. The molecule has 1 nitrogen and oxygen atoms in total. The smallest absolute Gasteiger partial charge is 0.0373 e. The third-order valence-corrected chi connectivity index (χ3v) is 14.9. The Morgan fingerprint density at radius 3 is 1.66 bits per heavy atom. The molecule has 0 radical (unpaired) electrons. The zero-order chi connectivity index (χ0) is 57.3. The first-order valence-corrected chi connectivity index (χ1v) is 27.3. The molecule has 2 aliphatic rings. The van der Waals surface area contributed by atoms with Crippen LogP contribution in [0.1, 0.15) is 185 Å². The van der Waals surface area contributed by atoms with E-state index in [0.29, 0.717) is 11.3 Å². The lowest BCUT2D eigenvalue weighted by Crippen LogP contribution is -2.20. The van der Waals surface area contributed by atoms with Gasteiger partial charge in [0.15, 0.2) is 0 Å². The first kappa shape index (κ1) is 64.7. The summed E-state index contributed by atoms with van der Waals surface area (Å²) in [4.78, 5) is 2.14. The van der Waals surface area contributed by atoms with Gasteiger partial charge in [0.2, 0.25) is 0 Å². The van der Waals surface area contributed by atoms with Crippen LogP contribution in [0, 0.1) is 41.4 Å². The van der Waals surface area contributed by atoms with Gasteiger partial charge in [-0.25, -0.2) is 0 Å². The van der Waals surface area contributed by atoms with Crippen molar-refractivity contribution in [2.45, 2.75) is 176 Å². The minimum absolute atomic E-state index is 0.00676. The van der Waals surface area contributed by atoms with Crippen molar-refractivity contribution >= 4 is 16.8 Å². The van der Waals surface area contributed by atoms with Crippen molar-refractivity contribution in [1.29, 1.82) is 0 Å². The van der Waals surface area contributed by atoms with Crippen LogP contribution < -0.4 is 4.90 Å². The van der Waals surface area contributed by atoms with E-state index in [9.17, 15) is 0 Å². The molecule has 1 saturated carbocycles. The van der Waals surface area contributed by atoms with Crippen LogP contribution >= 0.6 is 0 Å². The van der Waals surface area contributed by atoms with Crippen LogP contribution in [-0.4, -0.2) is 14.1 Å². The van der Waals surface area contributed by atoms with E-state index in [2.05, 4.69) is 294 Å². The van der Waals surface area contributed by atoms with E-state index in [-0.39, 0.29) is 27.1 Å². The molecule has 1 atom stereocenters. The van der Waals surface area contributed by atoms with Crippen LogP contribution in [0.4, 0.5) is 5.69 Å². The highest BCUT2D eigenvalue weighted by Gasteiger charge is 2.40. The fourth-order valence-electron chi connectivity index (χ4n) is 10.1. The van der Waals surface area contributed by atoms with Gasteiger partial charge in [0.25, 0.3) is 0 Å². The SMILES string of the molecule is C/C=C/C(C)(C)C.C=C/C(C)=C\C(=C)c1cc(N(C)C)cc(-c2ccc(C)cc2)c1C.C=C1/C(=C\C(=C/C)C(C)(C)C)C(C)(C)c2cc(C(C)(C)C)ccc21.C=C1C(=C)/C(=C\C(CC)C(C)(C)C)C(C)(C)/C1=C/C. The molecule has 1 heteroatoms. The summed E-state index contributed by atoms with van der Waals surface area (Å²) in [5.74, 6) is 0.572. The van der Waals surface area contributed by atoms with Gasteiger partial charge < -0.3 is 4.90 Å². The normalized spacial score (nSPS) is 17.9. The van der Waals surface area contributed by atoms with Crippen molar-refractivity contribution in [3.63, 3.8) is 0 Å². The number of anilines is 1. The molecule has 0 heterocycles. The first-order chi connectivity index (χ1) is 33.8. The number of aryl methyl sites for hydroxylation is 1. The Hall–Kier alpha value is -5.40. The lowest BCUT2D eigenvalue weighted by molar-refractivity contribution is 0.283. The maximum absolute atomic E-state index is 4.44. The zero-order valence-corrected chi connectivity index (χ0v) is 52.1. The van der Waals surface area contributed by atoms with Crippen LogP contribution in [0.15, 0.2) is 175 Å². The number of allylic oxidation sites excluding steroid dienone is 17. The highest BCUT2D eigenvalue weighted by atomic mass is 15.1. The maximum atomic E-state index is 4.44. The fourth-order valence-corrected chi connectivity index (χ4v) is 10.1. The summed E-state index contributed by atoms with van der Waals surface area (Å²) in [6.45, 7) is 72.3. The van der Waals surface area contributed by atoms with Gasteiger partial charge in [-0.05, 0) is 171 Å². The molecule has 0 saturated heterocycles. The summed E-state index contributed by atoms with van der Waals surface area (Å²) in [6, 6.07) is 20.1. The highest BCUT2D eigenvalue weighted by Crippen LogP contribution is 2.53. The van der Waals surface area contributed by atoms with Crippen molar-refractivity contribution in [3.8, 4) is 11.1 Å². The largest absolute Gasteiger partial charge is 0.378 e. The first-order valence-electron chi connectivity index (χ1n) is 27.3. The molecule has 0 aliphatic heterocycles. The minimum atomic E-state index is -0.00676. The van der Waals surface area contributed by atoms with Gasteiger partial charge in [0.1, 0.15) is 0 Å². The molecular weight excluding hydrogens is 891 g/mol. The summed E-state index contributed by atoms with van der Waals surface area (Å²) in [5.41, 5.74) is 23.5. The van der Waals surface area contributed by atoms with Crippen LogP contribution in [0.25, 0.3) is 22.3 Å². The minimum Gasteiger partial charge on any atom is -0.378 e. The van der Waals surface area contributed by atoms with Gasteiger partial charge >= 0.3 is 0 Å². The second-order valence-corrected chi connectivity index (χ2v) is 26.3. The van der Waals surface area contributed by atoms with E-state index in [1.54, 1.807) is 0 Å². The summed E-state index contributed by atoms with van der Waals surface area (Å²) < 4.78 is 0. The van der Waals surface area contributed by atoms with E-state index >= 15 is 0 Å². The number of hydrogen-bond donors (Lipinski definition) is 0. The molecule has 0 amide bonds. The number of benzene rings is 3. The molecule has 3 aromatic rings. The van der Waals surface area contributed by atoms with Crippen molar-refractivity contribution in [2.75, 3.05) is 19.0 Å². The van der Waals surface area contributed by atoms with Crippen LogP contribution in [0.3, 0.4) is 0 Å². The van der Waals surface area contributed by atoms with E-state index in [0.717, 1.165) is 28.7 Å². The predicted octanol–water partition coefficient (Wildman–Crippen LogP) is 22.1. The average molecular weight is 997 g/mol. The van der Waals surface area contributed by atoms with Gasteiger partial charge in [-0.2, -0.15) is 0 Å². The molecule has 0 bridgehead atoms. The van der Waals surface area contributed by atoms with E-state index < -0.39 is 0 Å². The van der Waals surface area contributed by atoms with Gasteiger partial charge in [-0.3, -0.25) is 0 Å². The Morgan fingerprint density at radius 1 is 0.703 bits per heavy atom. The topological polar surface area (TPSA) is 3.24 Å². The quantitative estimate of drug-likeness (QED) is 0.161. The van der Waals surface area contributed by atoms with Gasteiger partial charge in [0, 0.05) is 30.6 Å². The molecule has 0 spiro atoms. The van der Waals surface area contributed by atoms with Crippen molar-refractivity contribution < 1.29 is 0 Å². The second-order valence-electron chi connectivity index (χ2n) is 26.3. The van der Waals surface area contributed by atoms with E-state index in [1.165, 1.54) is 78.1 Å². The Morgan fingerprint density at radius 2 is 1.26 bits per heavy atom. The van der Waals surface area contributed by atoms with Crippen molar-refractivity contribution in [1.82, 2.24) is 0 Å². The summed E-state index contributed by atoms with van der Waals surface area (Å²) >= 11 is 0. The second kappa shape index (κ2) is 25.4. The number of fused-ring (bicyclic) bond motifs is 1. The molecule has 2 aliphatic carbocycles. The molecule has 1 fully saturated rings. The highest BCUT2D eigenvalue weighted by molar-refractivity contribution is 5.89. The average Bonchev–Trinajstić information content (AvgIpc) is 3.57. The molecule has 0 N–H and O–H groups in total. The zero-order valence-electron chi connectivity index (χ0n) is 52.1. The van der Waals surface area contributed by atoms with Crippen molar-refractivity contribution in [2.24, 2.45) is 27.6 Å². The monoisotopic (exact) mass is 996 g/mol. The summed E-state index contributed by atoms with van der Waals surface area (Å²) in [5, 5.41) is 0. The van der Waals surface area contributed by atoms with Crippen LogP contribution in [-0.2, 0) is 10.8 Å². The Bertz CT molecular complexity index is 2700. The van der Waals surface area contributed by atoms with E-state index in [1.807, 2.05) is 19.9 Å². The molecule has 5 rings (SSSR count). The van der Waals surface area contributed by atoms with Crippen LogP contribution in [0.5, 0.6) is 0 Å². The number of nitrogens with zero attached hydrogens (tertiary/aromatic N) is 1. The Kier molecular flexibility index (Phi) is 22.2. The third-order valence-electron chi connectivity index (χ3n) is 14.9. The molecule has 0 aromatic heterocycles. The molecule has 402 valence electrons. The lowest BCUT2D eigenvalue weighted by Gasteiger charge is -2.30. The Labute approximate surface area is 457 Å². The summed E-state index contributed by atoms with van der Waals surface area (Å²) in [7, 11) is 4.14. The van der Waals surface area contributed by atoms with Crippen molar-refractivity contribution in [3.05, 3.63) is 208 Å². The maximum Gasteiger partial charge on any atom is 0.0373 e. The number of rotatable bonds is 8. The molecule has 3 aromatic carbocycles. The van der Waals surface area contributed by atoms with E-state index in [4.69, 9.17) is 0 Å².